The zero-order chi connectivity index (χ0) is 17.3. The smallest absolute Gasteiger partial charge is 0.239 e. The lowest BCUT2D eigenvalue weighted by atomic mass is 10.1. The van der Waals surface area contributed by atoms with Crippen LogP contribution in [0.2, 0.25) is 0 Å². The molecule has 3 N–H and O–H groups in total. The summed E-state index contributed by atoms with van der Waals surface area (Å²) in [6.07, 6.45) is 0. The van der Waals surface area contributed by atoms with Crippen LogP contribution < -0.4 is 16.0 Å². The molecular formula is C16H34N6O. The fraction of sp³-hybridized carbons (Fsp3) is 0.875. The first kappa shape index (κ1) is 19.7. The van der Waals surface area contributed by atoms with Gasteiger partial charge < -0.3 is 20.9 Å². The SMILES string of the molecule is CCN1CCN(CCNC(=NC)NCC(=O)NC(C)(C)C)CC1. The summed E-state index contributed by atoms with van der Waals surface area (Å²) in [5, 5.41) is 9.23. The van der Waals surface area contributed by atoms with Gasteiger partial charge in [-0.25, -0.2) is 0 Å². The summed E-state index contributed by atoms with van der Waals surface area (Å²) >= 11 is 0. The topological polar surface area (TPSA) is 72.0 Å². The Kier molecular flexibility index (Phi) is 8.33. The van der Waals surface area contributed by atoms with E-state index in [9.17, 15) is 4.79 Å². The fourth-order valence-electron chi connectivity index (χ4n) is 2.51. The van der Waals surface area contributed by atoms with E-state index in [1.807, 2.05) is 20.8 Å². The van der Waals surface area contributed by atoms with Crippen LogP contribution in [0, 0.1) is 0 Å². The second kappa shape index (κ2) is 9.72. The van der Waals surface area contributed by atoms with E-state index >= 15 is 0 Å². The highest BCUT2D eigenvalue weighted by Crippen LogP contribution is 2.00. The molecule has 0 bridgehead atoms. The number of piperazine rings is 1. The lowest BCUT2D eigenvalue weighted by molar-refractivity contribution is -0.121. The molecule has 23 heavy (non-hydrogen) atoms. The molecule has 1 aliphatic heterocycles. The van der Waals surface area contributed by atoms with Gasteiger partial charge in [-0.15, -0.1) is 0 Å². The molecule has 7 heteroatoms. The van der Waals surface area contributed by atoms with Gasteiger partial charge in [0.05, 0.1) is 6.54 Å². The third kappa shape index (κ3) is 8.76. The van der Waals surface area contributed by atoms with Gasteiger partial charge in [-0.3, -0.25) is 14.7 Å². The Hall–Kier alpha value is -1.34. The van der Waals surface area contributed by atoms with Crippen LogP contribution in [0.4, 0.5) is 0 Å². The van der Waals surface area contributed by atoms with Crippen LogP contribution in [0.3, 0.4) is 0 Å². The van der Waals surface area contributed by atoms with Crippen LogP contribution in [0.1, 0.15) is 27.7 Å². The van der Waals surface area contributed by atoms with E-state index in [1.165, 1.54) is 0 Å². The minimum atomic E-state index is -0.212. The van der Waals surface area contributed by atoms with Crippen molar-refractivity contribution in [3.05, 3.63) is 0 Å². The molecule has 0 saturated carbocycles. The minimum Gasteiger partial charge on any atom is -0.355 e. The van der Waals surface area contributed by atoms with Crippen LogP contribution in [0.25, 0.3) is 0 Å². The summed E-state index contributed by atoms with van der Waals surface area (Å²) in [5.41, 5.74) is -0.212. The largest absolute Gasteiger partial charge is 0.355 e. The zero-order valence-corrected chi connectivity index (χ0v) is 15.4. The monoisotopic (exact) mass is 326 g/mol. The highest BCUT2D eigenvalue weighted by molar-refractivity contribution is 5.86. The van der Waals surface area contributed by atoms with Gasteiger partial charge >= 0.3 is 0 Å². The molecule has 0 aromatic carbocycles. The molecule has 1 heterocycles. The lowest BCUT2D eigenvalue weighted by Gasteiger charge is -2.34. The first-order valence-electron chi connectivity index (χ1n) is 8.54. The normalized spacial score (nSPS) is 17.9. The van der Waals surface area contributed by atoms with Gasteiger partial charge in [-0.1, -0.05) is 6.92 Å². The van der Waals surface area contributed by atoms with Gasteiger partial charge in [0, 0.05) is 51.9 Å². The minimum absolute atomic E-state index is 0.0314. The molecule has 1 rings (SSSR count). The Labute approximate surface area is 140 Å². The van der Waals surface area contributed by atoms with Gasteiger partial charge in [0.1, 0.15) is 0 Å². The Morgan fingerprint density at radius 3 is 2.22 bits per heavy atom. The summed E-state index contributed by atoms with van der Waals surface area (Å²) in [4.78, 5) is 20.9. The number of nitrogens with zero attached hydrogens (tertiary/aromatic N) is 3. The van der Waals surface area contributed by atoms with Crippen molar-refractivity contribution in [2.24, 2.45) is 4.99 Å². The average Bonchev–Trinajstić information content (AvgIpc) is 2.49. The highest BCUT2D eigenvalue weighted by Gasteiger charge is 2.15. The maximum absolute atomic E-state index is 11.8. The van der Waals surface area contributed by atoms with Crippen LogP contribution in [-0.4, -0.2) is 86.6 Å². The number of amides is 1. The molecule has 0 aromatic rings. The van der Waals surface area contributed by atoms with Crippen LogP contribution in [-0.2, 0) is 4.79 Å². The number of likely N-dealkylation sites (N-methyl/N-ethyl adjacent to an activating group) is 1. The van der Waals surface area contributed by atoms with Crippen molar-refractivity contribution in [1.82, 2.24) is 25.8 Å². The molecule has 1 aliphatic rings. The molecule has 1 fully saturated rings. The summed E-state index contributed by atoms with van der Waals surface area (Å²) in [6, 6.07) is 0. The van der Waals surface area contributed by atoms with Gasteiger partial charge in [0.2, 0.25) is 5.91 Å². The van der Waals surface area contributed by atoms with Crippen molar-refractivity contribution in [1.29, 1.82) is 0 Å². The molecule has 0 radical (unpaired) electrons. The van der Waals surface area contributed by atoms with Gasteiger partial charge in [-0.2, -0.15) is 0 Å². The van der Waals surface area contributed by atoms with Gasteiger partial charge in [0.25, 0.3) is 0 Å². The number of carbonyl (C=O) groups excluding carboxylic acids is 1. The Bertz CT molecular complexity index is 383. The van der Waals surface area contributed by atoms with Crippen LogP contribution in [0.5, 0.6) is 0 Å². The molecule has 134 valence electrons. The molecule has 0 aliphatic carbocycles. The molecule has 7 nitrogen and oxygen atoms in total. The third-order valence-electron chi connectivity index (χ3n) is 3.79. The second-order valence-electron chi connectivity index (χ2n) is 6.93. The predicted octanol–water partition coefficient (Wildman–Crippen LogP) is -0.296. The second-order valence-corrected chi connectivity index (χ2v) is 6.93. The number of guanidine groups is 1. The summed E-state index contributed by atoms with van der Waals surface area (Å²) < 4.78 is 0. The number of hydrogen-bond acceptors (Lipinski definition) is 4. The van der Waals surface area contributed by atoms with Crippen molar-refractivity contribution in [2.45, 2.75) is 33.2 Å². The Morgan fingerprint density at radius 1 is 1.09 bits per heavy atom. The summed E-state index contributed by atoms with van der Waals surface area (Å²) in [6.45, 7) is 15.8. The van der Waals surface area contributed by atoms with E-state index in [2.05, 4.69) is 37.7 Å². The summed E-state index contributed by atoms with van der Waals surface area (Å²) in [7, 11) is 1.72. The van der Waals surface area contributed by atoms with Crippen molar-refractivity contribution in [3.63, 3.8) is 0 Å². The maximum Gasteiger partial charge on any atom is 0.239 e. The Balaban J connectivity index is 2.18. The van der Waals surface area contributed by atoms with E-state index in [0.717, 1.165) is 45.8 Å². The van der Waals surface area contributed by atoms with Gasteiger partial charge in [0.15, 0.2) is 5.96 Å². The van der Waals surface area contributed by atoms with E-state index < -0.39 is 0 Å². The molecule has 0 aromatic heterocycles. The maximum atomic E-state index is 11.8. The standard InChI is InChI=1S/C16H34N6O/c1-6-21-9-11-22(12-10-21)8-7-18-15(17-5)19-13-14(23)20-16(2,3)4/h6-13H2,1-5H3,(H,20,23)(H2,17,18,19). The van der Waals surface area contributed by atoms with Gasteiger partial charge in [-0.05, 0) is 27.3 Å². The van der Waals surface area contributed by atoms with E-state index in [-0.39, 0.29) is 18.0 Å². The quantitative estimate of drug-likeness (QED) is 0.462. The first-order valence-corrected chi connectivity index (χ1v) is 8.54. The molecule has 1 amide bonds. The Morgan fingerprint density at radius 2 is 1.70 bits per heavy atom. The highest BCUT2D eigenvalue weighted by atomic mass is 16.2. The van der Waals surface area contributed by atoms with Crippen molar-refractivity contribution in [3.8, 4) is 0 Å². The van der Waals surface area contributed by atoms with E-state index in [1.54, 1.807) is 7.05 Å². The first-order chi connectivity index (χ1) is 10.8. The van der Waals surface area contributed by atoms with E-state index in [0.29, 0.717) is 5.96 Å². The number of aliphatic imine (C=N–C) groups is 1. The van der Waals surface area contributed by atoms with Crippen molar-refractivity contribution in [2.75, 3.05) is 59.4 Å². The number of carbonyl (C=O) groups is 1. The van der Waals surface area contributed by atoms with E-state index in [4.69, 9.17) is 0 Å². The zero-order valence-electron chi connectivity index (χ0n) is 15.4. The molecule has 1 saturated heterocycles. The van der Waals surface area contributed by atoms with Crippen LogP contribution in [0.15, 0.2) is 4.99 Å². The average molecular weight is 326 g/mol. The number of nitrogens with one attached hydrogen (secondary N) is 3. The molecular weight excluding hydrogens is 292 g/mol. The molecule has 0 unspecified atom stereocenters. The lowest BCUT2D eigenvalue weighted by Crippen LogP contribution is -2.50. The summed E-state index contributed by atoms with van der Waals surface area (Å²) in [5.74, 6) is 0.636. The number of hydrogen-bond donors (Lipinski definition) is 3. The van der Waals surface area contributed by atoms with Crippen LogP contribution >= 0.6 is 0 Å². The van der Waals surface area contributed by atoms with Crippen molar-refractivity contribution < 1.29 is 4.79 Å². The third-order valence-corrected chi connectivity index (χ3v) is 3.79. The van der Waals surface area contributed by atoms with Crippen molar-refractivity contribution >= 4 is 11.9 Å². The molecule has 0 atom stereocenters. The predicted molar refractivity (Wildman–Crippen MR) is 95.8 cm³/mol. The molecule has 0 spiro atoms. The number of rotatable bonds is 6. The fourth-order valence-corrected chi connectivity index (χ4v) is 2.51.